The second-order valence-electron chi connectivity index (χ2n) is 2.71. The van der Waals surface area contributed by atoms with E-state index in [4.69, 9.17) is 5.73 Å². The number of hydrogen-bond acceptors (Lipinski definition) is 2. The summed E-state index contributed by atoms with van der Waals surface area (Å²) < 4.78 is 0. The Kier molecular flexibility index (Phi) is 3.24. The van der Waals surface area contributed by atoms with Crippen LogP contribution in [0.3, 0.4) is 0 Å². The van der Waals surface area contributed by atoms with E-state index in [1.807, 2.05) is 25.1 Å². The van der Waals surface area contributed by atoms with E-state index in [1.165, 1.54) is 0 Å². The van der Waals surface area contributed by atoms with Crippen LogP contribution in [-0.2, 0) is 0 Å². The molecule has 0 aromatic heterocycles. The quantitative estimate of drug-likeness (QED) is 0.510. The Morgan fingerprint density at radius 2 is 2.31 bits per heavy atom. The number of carbonyl (C=O) groups is 1. The van der Waals surface area contributed by atoms with Crippen molar-refractivity contribution in [2.45, 2.75) is 6.92 Å². The van der Waals surface area contributed by atoms with E-state index >= 15 is 0 Å². The zero-order chi connectivity index (χ0) is 9.68. The molecule has 2 heteroatoms. The fourth-order valence-corrected chi connectivity index (χ4v) is 1.04. The molecule has 13 heavy (non-hydrogen) atoms. The molecule has 0 unspecified atom stereocenters. The molecule has 0 radical (unpaired) electrons. The number of nitrogens with two attached hydrogens (primary N) is 1. The fourth-order valence-electron chi connectivity index (χ4n) is 1.04. The average Bonchev–Trinajstić information content (AvgIpc) is 2.16. The van der Waals surface area contributed by atoms with Crippen molar-refractivity contribution in [2.24, 2.45) is 5.73 Å². The number of carbonyl (C=O) groups excluding carboxylic acids is 1. The van der Waals surface area contributed by atoms with E-state index < -0.39 is 0 Å². The molecule has 0 saturated heterocycles. The van der Waals surface area contributed by atoms with Crippen molar-refractivity contribution in [2.75, 3.05) is 6.54 Å². The smallest absolute Gasteiger partial charge is 0.151 e. The van der Waals surface area contributed by atoms with Gasteiger partial charge < -0.3 is 5.73 Å². The van der Waals surface area contributed by atoms with Crippen LogP contribution in [0.4, 0.5) is 0 Å². The highest BCUT2D eigenvalue weighted by Gasteiger charge is 1.97. The molecule has 0 heterocycles. The summed E-state index contributed by atoms with van der Waals surface area (Å²) in [6.45, 7) is 2.25. The molecule has 0 aliphatic rings. The predicted octanol–water partition coefficient (Wildman–Crippen LogP) is 1.12. The first-order chi connectivity index (χ1) is 6.27. The van der Waals surface area contributed by atoms with E-state index in [9.17, 15) is 4.79 Å². The van der Waals surface area contributed by atoms with Gasteiger partial charge in [0.05, 0.1) is 6.54 Å². The highest BCUT2D eigenvalue weighted by Crippen LogP contribution is 2.07. The van der Waals surface area contributed by atoms with Crippen LogP contribution >= 0.6 is 0 Å². The third-order valence-electron chi connectivity index (χ3n) is 1.66. The zero-order valence-corrected chi connectivity index (χ0v) is 7.50. The standard InChI is InChI=1S/C11H11NO/c1-9-4-5-10(3-2-6-12)11(7-9)8-13/h4-5,7-8H,6,12H2,1H3. The Balaban J connectivity index is 3.13. The fraction of sp³-hybridized carbons (Fsp3) is 0.182. The van der Waals surface area contributed by atoms with Gasteiger partial charge in [0.1, 0.15) is 0 Å². The van der Waals surface area contributed by atoms with Gasteiger partial charge in [-0.25, -0.2) is 0 Å². The van der Waals surface area contributed by atoms with Crippen LogP contribution in [0, 0.1) is 18.8 Å². The molecule has 0 saturated carbocycles. The van der Waals surface area contributed by atoms with Crippen LogP contribution in [0.25, 0.3) is 0 Å². The van der Waals surface area contributed by atoms with Crippen LogP contribution in [0.2, 0.25) is 0 Å². The summed E-state index contributed by atoms with van der Waals surface area (Å²) in [6.07, 6.45) is 0.813. The van der Waals surface area contributed by atoms with Crippen LogP contribution in [-0.4, -0.2) is 12.8 Å². The molecule has 1 rings (SSSR count). The SMILES string of the molecule is Cc1ccc(C#CCN)c(C=O)c1. The third-order valence-corrected chi connectivity index (χ3v) is 1.66. The second-order valence-corrected chi connectivity index (χ2v) is 2.71. The van der Waals surface area contributed by atoms with E-state index in [1.54, 1.807) is 0 Å². The first-order valence-corrected chi connectivity index (χ1v) is 4.02. The normalized spacial score (nSPS) is 8.77. The van der Waals surface area contributed by atoms with Gasteiger partial charge >= 0.3 is 0 Å². The predicted molar refractivity (Wildman–Crippen MR) is 52.5 cm³/mol. The Hall–Kier alpha value is -1.59. The van der Waals surface area contributed by atoms with Crippen molar-refractivity contribution >= 4 is 6.29 Å². The number of hydrogen-bond donors (Lipinski definition) is 1. The molecule has 0 amide bonds. The Bertz CT molecular complexity index is 371. The van der Waals surface area contributed by atoms with Gasteiger partial charge in [0, 0.05) is 11.1 Å². The van der Waals surface area contributed by atoms with E-state index in [-0.39, 0.29) is 0 Å². The van der Waals surface area contributed by atoms with Crippen molar-refractivity contribution in [1.82, 2.24) is 0 Å². The molecule has 2 nitrogen and oxygen atoms in total. The maximum Gasteiger partial charge on any atom is 0.151 e. The number of aryl methyl sites for hydroxylation is 1. The van der Waals surface area contributed by atoms with Crippen LogP contribution < -0.4 is 5.73 Å². The summed E-state index contributed by atoms with van der Waals surface area (Å²) in [5.41, 5.74) is 7.66. The molecule has 0 aliphatic carbocycles. The summed E-state index contributed by atoms with van der Waals surface area (Å²) in [4.78, 5) is 10.6. The van der Waals surface area contributed by atoms with Crippen molar-refractivity contribution in [3.8, 4) is 11.8 Å². The highest BCUT2D eigenvalue weighted by molar-refractivity contribution is 5.79. The van der Waals surface area contributed by atoms with E-state index in [0.29, 0.717) is 12.1 Å². The molecule has 0 atom stereocenters. The minimum atomic E-state index is 0.312. The molecule has 0 aliphatic heterocycles. The second kappa shape index (κ2) is 4.44. The summed E-state index contributed by atoms with van der Waals surface area (Å²) in [5.74, 6) is 5.56. The topological polar surface area (TPSA) is 43.1 Å². The zero-order valence-electron chi connectivity index (χ0n) is 7.50. The number of benzene rings is 1. The van der Waals surface area contributed by atoms with Crippen molar-refractivity contribution in [3.63, 3.8) is 0 Å². The van der Waals surface area contributed by atoms with E-state index in [0.717, 1.165) is 17.4 Å². The Morgan fingerprint density at radius 1 is 1.54 bits per heavy atom. The Morgan fingerprint density at radius 3 is 2.92 bits per heavy atom. The Labute approximate surface area is 77.8 Å². The highest BCUT2D eigenvalue weighted by atomic mass is 16.1. The number of aldehydes is 1. The minimum Gasteiger partial charge on any atom is -0.320 e. The molecule has 0 fully saturated rings. The van der Waals surface area contributed by atoms with Gasteiger partial charge in [-0.15, -0.1) is 0 Å². The van der Waals surface area contributed by atoms with Crippen LogP contribution in [0.1, 0.15) is 21.5 Å². The summed E-state index contributed by atoms with van der Waals surface area (Å²) in [6, 6.07) is 5.57. The van der Waals surface area contributed by atoms with Gasteiger partial charge in [-0.05, 0) is 19.1 Å². The lowest BCUT2D eigenvalue weighted by Gasteiger charge is -1.97. The largest absolute Gasteiger partial charge is 0.320 e. The van der Waals surface area contributed by atoms with Gasteiger partial charge in [-0.3, -0.25) is 4.79 Å². The van der Waals surface area contributed by atoms with Crippen LogP contribution in [0.5, 0.6) is 0 Å². The molecule has 66 valence electrons. The molecular formula is C11H11NO. The van der Waals surface area contributed by atoms with Gasteiger partial charge in [0.25, 0.3) is 0 Å². The first-order valence-electron chi connectivity index (χ1n) is 4.02. The lowest BCUT2D eigenvalue weighted by atomic mass is 10.1. The maximum absolute atomic E-state index is 10.6. The average molecular weight is 173 g/mol. The van der Waals surface area contributed by atoms with E-state index in [2.05, 4.69) is 11.8 Å². The lowest BCUT2D eigenvalue weighted by Crippen LogP contribution is -1.94. The molecule has 2 N–H and O–H groups in total. The summed E-state index contributed by atoms with van der Waals surface area (Å²) in [7, 11) is 0. The number of rotatable bonds is 1. The van der Waals surface area contributed by atoms with Crippen molar-refractivity contribution in [1.29, 1.82) is 0 Å². The van der Waals surface area contributed by atoms with Gasteiger partial charge in [0.15, 0.2) is 6.29 Å². The molecule has 1 aromatic rings. The van der Waals surface area contributed by atoms with Gasteiger partial charge in [-0.1, -0.05) is 23.5 Å². The molecule has 0 bridgehead atoms. The molecule has 1 aromatic carbocycles. The van der Waals surface area contributed by atoms with Crippen molar-refractivity contribution in [3.05, 3.63) is 34.9 Å². The first kappa shape index (κ1) is 9.50. The molecule has 0 spiro atoms. The monoisotopic (exact) mass is 173 g/mol. The summed E-state index contributed by atoms with van der Waals surface area (Å²) in [5, 5.41) is 0. The van der Waals surface area contributed by atoms with Crippen LogP contribution in [0.15, 0.2) is 18.2 Å². The van der Waals surface area contributed by atoms with Gasteiger partial charge in [0.2, 0.25) is 0 Å². The third kappa shape index (κ3) is 2.43. The maximum atomic E-state index is 10.6. The van der Waals surface area contributed by atoms with Gasteiger partial charge in [-0.2, -0.15) is 0 Å². The summed E-state index contributed by atoms with van der Waals surface area (Å²) >= 11 is 0. The minimum absolute atomic E-state index is 0.312. The molecular weight excluding hydrogens is 162 g/mol. The lowest BCUT2D eigenvalue weighted by molar-refractivity contribution is 0.112. The van der Waals surface area contributed by atoms with Crippen molar-refractivity contribution < 1.29 is 4.79 Å².